The predicted molar refractivity (Wildman–Crippen MR) is 62.9 cm³/mol. The maximum absolute atomic E-state index is 11.6. The highest BCUT2D eigenvalue weighted by atomic mass is 32.1. The number of rotatable bonds is 5. The number of aliphatic hydroxyl groups excluding tert-OH is 1. The number of nitrogens with one attached hydrogen (secondary N) is 1. The molecule has 0 aliphatic rings. The molecule has 1 atom stereocenters. The van der Waals surface area contributed by atoms with Crippen LogP contribution in [0.5, 0.6) is 0 Å². The van der Waals surface area contributed by atoms with Gasteiger partial charge in [0.1, 0.15) is 0 Å². The van der Waals surface area contributed by atoms with E-state index in [0.29, 0.717) is 17.0 Å². The SMILES string of the molecule is CC(=O)c1csc(C(=O)NCC(C)CO)c1. The lowest BCUT2D eigenvalue weighted by Crippen LogP contribution is -2.28. The third-order valence-corrected chi connectivity index (χ3v) is 3.08. The van der Waals surface area contributed by atoms with Crippen molar-refractivity contribution in [3.8, 4) is 0 Å². The fraction of sp³-hybridized carbons (Fsp3) is 0.455. The second kappa shape index (κ2) is 5.77. The minimum atomic E-state index is -0.196. The maximum atomic E-state index is 11.6. The molecule has 0 aromatic carbocycles. The number of Topliss-reactive ketones (excluding diaryl/α,β-unsaturated/α-hetero) is 1. The van der Waals surface area contributed by atoms with Gasteiger partial charge in [-0.05, 0) is 18.9 Å². The third-order valence-electron chi connectivity index (χ3n) is 2.15. The summed E-state index contributed by atoms with van der Waals surface area (Å²) in [6.07, 6.45) is 0. The van der Waals surface area contributed by atoms with Gasteiger partial charge < -0.3 is 10.4 Å². The van der Waals surface area contributed by atoms with Gasteiger partial charge in [0.05, 0.1) is 4.88 Å². The van der Waals surface area contributed by atoms with E-state index in [1.54, 1.807) is 11.4 Å². The van der Waals surface area contributed by atoms with E-state index >= 15 is 0 Å². The number of thiophene rings is 1. The molecule has 0 saturated heterocycles. The first-order chi connectivity index (χ1) is 7.54. The van der Waals surface area contributed by atoms with Crippen molar-refractivity contribution in [2.75, 3.05) is 13.2 Å². The Morgan fingerprint density at radius 2 is 2.25 bits per heavy atom. The van der Waals surface area contributed by atoms with Gasteiger partial charge in [-0.3, -0.25) is 9.59 Å². The number of hydrogen-bond acceptors (Lipinski definition) is 4. The number of hydrogen-bond donors (Lipinski definition) is 2. The van der Waals surface area contributed by atoms with Gasteiger partial charge in [-0.25, -0.2) is 0 Å². The molecule has 1 aromatic rings. The number of carbonyl (C=O) groups excluding carboxylic acids is 2. The van der Waals surface area contributed by atoms with Crippen LogP contribution < -0.4 is 5.32 Å². The van der Waals surface area contributed by atoms with E-state index in [4.69, 9.17) is 5.11 Å². The zero-order valence-electron chi connectivity index (χ0n) is 9.32. The lowest BCUT2D eigenvalue weighted by atomic mass is 10.2. The molecule has 0 aliphatic heterocycles. The smallest absolute Gasteiger partial charge is 0.261 e. The minimum absolute atomic E-state index is 0.0381. The molecule has 0 spiro atoms. The van der Waals surface area contributed by atoms with Gasteiger partial charge in [0.2, 0.25) is 0 Å². The quantitative estimate of drug-likeness (QED) is 0.764. The minimum Gasteiger partial charge on any atom is -0.396 e. The maximum Gasteiger partial charge on any atom is 0.261 e. The van der Waals surface area contributed by atoms with Crippen molar-refractivity contribution in [1.82, 2.24) is 5.32 Å². The van der Waals surface area contributed by atoms with Crippen LogP contribution in [0.3, 0.4) is 0 Å². The average molecular weight is 241 g/mol. The molecule has 1 amide bonds. The van der Waals surface area contributed by atoms with Crippen LogP contribution in [0.25, 0.3) is 0 Å². The van der Waals surface area contributed by atoms with Gasteiger partial charge >= 0.3 is 0 Å². The highest BCUT2D eigenvalue weighted by Crippen LogP contribution is 2.15. The zero-order valence-corrected chi connectivity index (χ0v) is 10.1. The molecule has 2 N–H and O–H groups in total. The molecule has 88 valence electrons. The van der Waals surface area contributed by atoms with Crippen molar-refractivity contribution in [3.05, 3.63) is 21.9 Å². The summed E-state index contributed by atoms with van der Waals surface area (Å²) in [4.78, 5) is 23.2. The van der Waals surface area contributed by atoms with Crippen LogP contribution in [-0.4, -0.2) is 29.9 Å². The van der Waals surface area contributed by atoms with E-state index in [1.165, 1.54) is 18.3 Å². The van der Waals surface area contributed by atoms with Crippen LogP contribution in [0.1, 0.15) is 33.9 Å². The lowest BCUT2D eigenvalue weighted by molar-refractivity contribution is 0.0946. The van der Waals surface area contributed by atoms with Crippen molar-refractivity contribution < 1.29 is 14.7 Å². The topological polar surface area (TPSA) is 66.4 Å². The second-order valence-electron chi connectivity index (χ2n) is 3.75. The highest BCUT2D eigenvalue weighted by Gasteiger charge is 2.11. The summed E-state index contributed by atoms with van der Waals surface area (Å²) in [5.41, 5.74) is 0.561. The summed E-state index contributed by atoms with van der Waals surface area (Å²) in [7, 11) is 0. The van der Waals surface area contributed by atoms with Gasteiger partial charge in [0.25, 0.3) is 5.91 Å². The summed E-state index contributed by atoms with van der Waals surface area (Å²) in [6, 6.07) is 1.59. The van der Waals surface area contributed by atoms with Gasteiger partial charge in [-0.1, -0.05) is 6.92 Å². The first kappa shape index (κ1) is 12.9. The van der Waals surface area contributed by atoms with Gasteiger partial charge in [0, 0.05) is 24.1 Å². The van der Waals surface area contributed by atoms with E-state index < -0.39 is 0 Å². The van der Waals surface area contributed by atoms with Crippen molar-refractivity contribution in [2.45, 2.75) is 13.8 Å². The molecule has 0 radical (unpaired) electrons. The van der Waals surface area contributed by atoms with Crippen LogP contribution in [0.4, 0.5) is 0 Å². The molecule has 0 bridgehead atoms. The average Bonchev–Trinajstić information content (AvgIpc) is 2.74. The van der Waals surface area contributed by atoms with E-state index in [0.717, 1.165) is 0 Å². The number of aliphatic hydroxyl groups is 1. The fourth-order valence-electron chi connectivity index (χ4n) is 1.06. The molecular formula is C11H15NO3S. The van der Waals surface area contributed by atoms with Crippen molar-refractivity contribution in [3.63, 3.8) is 0 Å². The van der Waals surface area contributed by atoms with E-state index in [1.807, 2.05) is 6.92 Å². The Kier molecular flexibility index (Phi) is 4.64. The van der Waals surface area contributed by atoms with E-state index in [9.17, 15) is 9.59 Å². The lowest BCUT2D eigenvalue weighted by Gasteiger charge is -2.08. The fourth-order valence-corrected chi connectivity index (χ4v) is 1.92. The molecule has 4 nitrogen and oxygen atoms in total. The summed E-state index contributed by atoms with van der Waals surface area (Å²) in [5.74, 6) is -0.201. The molecule has 0 aliphatic carbocycles. The van der Waals surface area contributed by atoms with Crippen molar-refractivity contribution in [1.29, 1.82) is 0 Å². The van der Waals surface area contributed by atoms with Gasteiger partial charge in [-0.15, -0.1) is 11.3 Å². The van der Waals surface area contributed by atoms with Crippen LogP contribution >= 0.6 is 11.3 Å². The van der Waals surface area contributed by atoms with Crippen LogP contribution in [0, 0.1) is 5.92 Å². The Morgan fingerprint density at radius 1 is 1.56 bits per heavy atom. The standard InChI is InChI=1S/C11H15NO3S/c1-7(5-13)4-12-11(15)10-3-9(6-16-10)8(2)14/h3,6-7,13H,4-5H2,1-2H3,(H,12,15). The largest absolute Gasteiger partial charge is 0.396 e. The first-order valence-corrected chi connectivity index (χ1v) is 5.91. The zero-order chi connectivity index (χ0) is 12.1. The normalized spacial score (nSPS) is 12.2. The number of amides is 1. The summed E-state index contributed by atoms with van der Waals surface area (Å²) >= 11 is 1.25. The van der Waals surface area contributed by atoms with Crippen LogP contribution in [0.15, 0.2) is 11.4 Å². The Hall–Kier alpha value is -1.20. The molecule has 1 aromatic heterocycles. The molecule has 16 heavy (non-hydrogen) atoms. The predicted octanol–water partition coefficient (Wildman–Crippen LogP) is 1.31. The summed E-state index contributed by atoms with van der Waals surface area (Å²) in [5, 5.41) is 13.2. The molecule has 1 rings (SSSR count). The highest BCUT2D eigenvalue weighted by molar-refractivity contribution is 7.12. The molecule has 1 heterocycles. The van der Waals surface area contributed by atoms with E-state index in [-0.39, 0.29) is 24.2 Å². The molecule has 0 saturated carbocycles. The van der Waals surface area contributed by atoms with Gasteiger partial charge in [-0.2, -0.15) is 0 Å². The van der Waals surface area contributed by atoms with Crippen molar-refractivity contribution in [2.24, 2.45) is 5.92 Å². The number of carbonyl (C=O) groups is 2. The second-order valence-corrected chi connectivity index (χ2v) is 4.66. The summed E-state index contributed by atoms with van der Waals surface area (Å²) in [6.45, 7) is 3.79. The van der Waals surface area contributed by atoms with Crippen LogP contribution in [-0.2, 0) is 0 Å². The monoisotopic (exact) mass is 241 g/mol. The first-order valence-electron chi connectivity index (χ1n) is 5.03. The Morgan fingerprint density at radius 3 is 2.75 bits per heavy atom. The Balaban J connectivity index is 2.56. The number of ketones is 1. The Labute approximate surface area is 98.3 Å². The van der Waals surface area contributed by atoms with Crippen LogP contribution in [0.2, 0.25) is 0 Å². The van der Waals surface area contributed by atoms with E-state index in [2.05, 4.69) is 5.32 Å². The Bertz CT molecular complexity index is 386. The molecule has 1 unspecified atom stereocenters. The summed E-state index contributed by atoms with van der Waals surface area (Å²) < 4.78 is 0. The molecule has 5 heteroatoms. The molecular weight excluding hydrogens is 226 g/mol. The van der Waals surface area contributed by atoms with Crippen molar-refractivity contribution >= 4 is 23.0 Å². The third kappa shape index (κ3) is 3.43. The van der Waals surface area contributed by atoms with Gasteiger partial charge in [0.15, 0.2) is 5.78 Å². The molecule has 0 fully saturated rings.